The predicted molar refractivity (Wildman–Crippen MR) is 73.2 cm³/mol. The lowest BCUT2D eigenvalue weighted by atomic mass is 10.3. The Labute approximate surface area is 112 Å². The molecule has 0 fully saturated rings. The molecule has 2 rings (SSSR count). The lowest BCUT2D eigenvalue weighted by Crippen LogP contribution is -2.05. The van der Waals surface area contributed by atoms with E-state index in [2.05, 4.69) is 38.4 Å². The zero-order valence-corrected chi connectivity index (χ0v) is 11.4. The first-order chi connectivity index (χ1) is 8.29. The van der Waals surface area contributed by atoms with Gasteiger partial charge in [-0.15, -0.1) is 11.3 Å². The molecule has 0 aliphatic heterocycles. The molecule has 0 amide bonds. The van der Waals surface area contributed by atoms with Crippen LogP contribution >= 0.6 is 27.3 Å². The molecule has 0 spiro atoms. The highest BCUT2D eigenvalue weighted by atomic mass is 79.9. The van der Waals surface area contributed by atoms with Crippen LogP contribution in [0.25, 0.3) is 0 Å². The van der Waals surface area contributed by atoms with Crippen molar-refractivity contribution in [1.29, 1.82) is 5.26 Å². The number of nitriles is 1. The van der Waals surface area contributed by atoms with Crippen LogP contribution in [0.5, 0.6) is 0 Å². The highest BCUT2D eigenvalue weighted by molar-refractivity contribution is 9.11. The van der Waals surface area contributed by atoms with E-state index in [4.69, 9.17) is 5.26 Å². The molecule has 2 aromatic rings. The molecule has 3 nitrogen and oxygen atoms in total. The second-order valence-corrected chi connectivity index (χ2v) is 5.94. The third-order valence-corrected chi connectivity index (χ3v) is 3.91. The highest BCUT2D eigenvalue weighted by Gasteiger charge is 2.02. The Kier molecular flexibility index (Phi) is 4.13. The minimum atomic E-state index is 0.444. The van der Waals surface area contributed by atoms with Gasteiger partial charge in [0.15, 0.2) is 5.69 Å². The van der Waals surface area contributed by atoms with Crippen LogP contribution in [0.3, 0.4) is 0 Å². The van der Waals surface area contributed by atoms with E-state index < -0.39 is 0 Å². The van der Waals surface area contributed by atoms with Crippen molar-refractivity contribution in [2.24, 2.45) is 0 Å². The summed E-state index contributed by atoms with van der Waals surface area (Å²) in [5, 5.41) is 12.1. The third-order valence-electron chi connectivity index (χ3n) is 2.23. The van der Waals surface area contributed by atoms with Crippen LogP contribution in [0.15, 0.2) is 34.2 Å². The van der Waals surface area contributed by atoms with Gasteiger partial charge in [0.05, 0.1) is 9.47 Å². The van der Waals surface area contributed by atoms with Crippen molar-refractivity contribution in [3.63, 3.8) is 0 Å². The van der Waals surface area contributed by atoms with Crippen molar-refractivity contribution >= 4 is 33.0 Å². The molecular formula is C12H10BrN3S. The largest absolute Gasteiger partial charge is 0.382 e. The molecule has 0 aromatic carbocycles. The van der Waals surface area contributed by atoms with Crippen LogP contribution in [0.1, 0.15) is 10.6 Å². The fourth-order valence-corrected chi connectivity index (χ4v) is 2.93. The van der Waals surface area contributed by atoms with Gasteiger partial charge in [0.2, 0.25) is 0 Å². The average Bonchev–Trinajstić information content (AvgIpc) is 2.76. The minimum Gasteiger partial charge on any atom is -0.382 e. The molecule has 5 heteroatoms. The molecule has 0 saturated heterocycles. The zero-order valence-electron chi connectivity index (χ0n) is 8.98. The normalized spacial score (nSPS) is 9.88. The van der Waals surface area contributed by atoms with E-state index in [-0.39, 0.29) is 0 Å². The van der Waals surface area contributed by atoms with Crippen LogP contribution in [-0.2, 0) is 6.42 Å². The number of nitrogens with zero attached hydrogens (tertiary/aromatic N) is 2. The molecular weight excluding hydrogens is 298 g/mol. The molecule has 1 N–H and O–H groups in total. The van der Waals surface area contributed by atoms with E-state index >= 15 is 0 Å². The Morgan fingerprint density at radius 3 is 3.00 bits per heavy atom. The first-order valence-electron chi connectivity index (χ1n) is 5.13. The Morgan fingerprint density at radius 1 is 1.41 bits per heavy atom. The third kappa shape index (κ3) is 3.29. The van der Waals surface area contributed by atoms with E-state index in [9.17, 15) is 0 Å². The summed E-state index contributed by atoms with van der Waals surface area (Å²) in [7, 11) is 0. The molecule has 2 heterocycles. The van der Waals surface area contributed by atoms with Gasteiger partial charge in [0.25, 0.3) is 0 Å². The fraction of sp³-hybridized carbons (Fsp3) is 0.167. The molecule has 0 saturated carbocycles. The van der Waals surface area contributed by atoms with Crippen molar-refractivity contribution in [2.45, 2.75) is 6.42 Å². The van der Waals surface area contributed by atoms with Crippen LogP contribution in [0, 0.1) is 11.3 Å². The van der Waals surface area contributed by atoms with Crippen LogP contribution in [0.2, 0.25) is 0 Å². The summed E-state index contributed by atoms with van der Waals surface area (Å²) >= 11 is 5.17. The summed E-state index contributed by atoms with van der Waals surface area (Å²) < 4.78 is 1.14. The van der Waals surface area contributed by atoms with Gasteiger partial charge < -0.3 is 5.32 Å². The topological polar surface area (TPSA) is 48.7 Å². The zero-order chi connectivity index (χ0) is 12.1. The van der Waals surface area contributed by atoms with Gasteiger partial charge in [-0.05, 0) is 46.6 Å². The molecule has 0 aliphatic carbocycles. The second kappa shape index (κ2) is 5.80. The molecule has 2 aromatic heterocycles. The quantitative estimate of drug-likeness (QED) is 0.941. The molecule has 0 unspecified atom stereocenters. The summed E-state index contributed by atoms with van der Waals surface area (Å²) in [6.07, 6.45) is 2.57. The maximum atomic E-state index is 8.88. The van der Waals surface area contributed by atoms with Crippen molar-refractivity contribution in [2.75, 3.05) is 11.9 Å². The van der Waals surface area contributed by atoms with Crippen molar-refractivity contribution in [3.05, 3.63) is 44.8 Å². The van der Waals surface area contributed by atoms with Gasteiger partial charge in [0, 0.05) is 17.6 Å². The monoisotopic (exact) mass is 307 g/mol. The van der Waals surface area contributed by atoms with Gasteiger partial charge in [-0.25, -0.2) is 4.98 Å². The number of aromatic nitrogens is 1. The molecule has 86 valence electrons. The van der Waals surface area contributed by atoms with Gasteiger partial charge in [0.1, 0.15) is 6.07 Å². The van der Waals surface area contributed by atoms with E-state index in [1.807, 2.05) is 18.2 Å². The van der Waals surface area contributed by atoms with Gasteiger partial charge in [-0.3, -0.25) is 0 Å². The van der Waals surface area contributed by atoms with E-state index in [0.29, 0.717) is 5.69 Å². The van der Waals surface area contributed by atoms with Crippen LogP contribution in [0.4, 0.5) is 5.69 Å². The number of nitrogens with one attached hydrogen (secondary N) is 1. The number of hydrogen-bond acceptors (Lipinski definition) is 4. The van der Waals surface area contributed by atoms with E-state index in [0.717, 1.165) is 22.4 Å². The molecule has 17 heavy (non-hydrogen) atoms. The summed E-state index contributed by atoms with van der Waals surface area (Å²) in [5.74, 6) is 0. The first-order valence-corrected chi connectivity index (χ1v) is 6.74. The first kappa shape index (κ1) is 12.1. The minimum absolute atomic E-state index is 0.444. The van der Waals surface area contributed by atoms with E-state index in [1.165, 1.54) is 4.88 Å². The maximum absolute atomic E-state index is 8.88. The highest BCUT2D eigenvalue weighted by Crippen LogP contribution is 2.22. The summed E-state index contributed by atoms with van der Waals surface area (Å²) in [5.41, 5.74) is 1.24. The fourth-order valence-electron chi connectivity index (χ4n) is 1.44. The van der Waals surface area contributed by atoms with E-state index in [1.54, 1.807) is 17.5 Å². The summed E-state index contributed by atoms with van der Waals surface area (Å²) in [4.78, 5) is 5.31. The number of rotatable bonds is 4. The van der Waals surface area contributed by atoms with Gasteiger partial charge >= 0.3 is 0 Å². The Balaban J connectivity index is 1.92. The Morgan fingerprint density at radius 2 is 2.29 bits per heavy atom. The molecule has 0 aliphatic rings. The number of hydrogen-bond donors (Lipinski definition) is 1. The predicted octanol–water partition coefficient (Wildman–Crippen LogP) is 3.43. The second-order valence-electron chi connectivity index (χ2n) is 3.39. The molecule has 0 radical (unpaired) electrons. The summed E-state index contributed by atoms with van der Waals surface area (Å²) in [6, 6.07) is 9.91. The number of anilines is 1. The van der Waals surface area contributed by atoms with Gasteiger partial charge in [-0.1, -0.05) is 0 Å². The van der Waals surface area contributed by atoms with Gasteiger partial charge in [-0.2, -0.15) is 5.26 Å². The van der Waals surface area contributed by atoms with Crippen molar-refractivity contribution < 1.29 is 0 Å². The molecule has 0 bridgehead atoms. The number of pyridine rings is 1. The Bertz CT molecular complexity index is 545. The average molecular weight is 308 g/mol. The van der Waals surface area contributed by atoms with Crippen LogP contribution < -0.4 is 5.32 Å². The number of halogens is 1. The van der Waals surface area contributed by atoms with Crippen molar-refractivity contribution in [3.8, 4) is 6.07 Å². The van der Waals surface area contributed by atoms with Crippen molar-refractivity contribution in [1.82, 2.24) is 4.98 Å². The molecule has 0 atom stereocenters. The standard InChI is InChI=1S/C12H10BrN3S/c13-12-4-3-9(17-12)5-7-16-10-2-1-6-15-11(10)8-14/h1-4,6,16H,5,7H2. The lowest BCUT2D eigenvalue weighted by Gasteiger charge is -2.05. The summed E-state index contributed by atoms with van der Waals surface area (Å²) in [6.45, 7) is 0.799. The SMILES string of the molecule is N#Cc1ncccc1NCCc1ccc(Br)s1. The smallest absolute Gasteiger partial charge is 0.163 e. The Hall–Kier alpha value is -1.38. The lowest BCUT2D eigenvalue weighted by molar-refractivity contribution is 1.04. The number of thiophene rings is 1. The maximum Gasteiger partial charge on any atom is 0.163 e. The van der Waals surface area contributed by atoms with Crippen LogP contribution in [-0.4, -0.2) is 11.5 Å².